The molecule has 0 bridgehead atoms. The zero-order valence-corrected chi connectivity index (χ0v) is 11.3. The third kappa shape index (κ3) is 10.0. The Morgan fingerprint density at radius 1 is 1.13 bits per heavy atom. The first kappa shape index (κ1) is 14.7. The van der Waals surface area contributed by atoms with Gasteiger partial charge in [-0.1, -0.05) is 59.5 Å². The van der Waals surface area contributed by atoms with Crippen molar-refractivity contribution in [3.63, 3.8) is 0 Å². The van der Waals surface area contributed by atoms with Crippen LogP contribution in [0.25, 0.3) is 0 Å². The van der Waals surface area contributed by atoms with Gasteiger partial charge in [-0.3, -0.25) is 0 Å². The van der Waals surface area contributed by atoms with Crippen LogP contribution >= 0.6 is 0 Å². The van der Waals surface area contributed by atoms with Gasteiger partial charge in [0.25, 0.3) is 0 Å². The van der Waals surface area contributed by atoms with Crippen LogP contribution in [0.5, 0.6) is 0 Å². The van der Waals surface area contributed by atoms with Crippen molar-refractivity contribution in [2.75, 3.05) is 0 Å². The number of unbranched alkanes of at least 4 members (excludes halogenated alkanes) is 3. The van der Waals surface area contributed by atoms with Crippen molar-refractivity contribution >= 4 is 0 Å². The zero-order chi connectivity index (χ0) is 11.7. The summed E-state index contributed by atoms with van der Waals surface area (Å²) in [5.74, 6) is 0.939. The van der Waals surface area contributed by atoms with E-state index in [2.05, 4.69) is 34.3 Å². The molecule has 90 valence electrons. The number of rotatable bonds is 8. The topological polar surface area (TPSA) is 0 Å². The van der Waals surface area contributed by atoms with Gasteiger partial charge in [0.1, 0.15) is 0 Å². The Balaban J connectivity index is 3.57. The summed E-state index contributed by atoms with van der Waals surface area (Å²) in [5.41, 5.74) is 0.502. The highest BCUT2D eigenvalue weighted by molar-refractivity contribution is 4.69. The quantitative estimate of drug-likeness (QED) is 0.362. The minimum Gasteiger partial charge on any atom is -0.103 e. The van der Waals surface area contributed by atoms with E-state index in [1.165, 1.54) is 44.9 Å². The average Bonchev–Trinajstić information content (AvgIpc) is 2.14. The van der Waals surface area contributed by atoms with Crippen LogP contribution in [0.1, 0.15) is 72.6 Å². The summed E-state index contributed by atoms with van der Waals surface area (Å²) < 4.78 is 0. The van der Waals surface area contributed by atoms with Gasteiger partial charge in [-0.05, 0) is 30.6 Å². The van der Waals surface area contributed by atoms with Crippen molar-refractivity contribution in [2.45, 2.75) is 72.6 Å². The average molecular weight is 210 g/mol. The van der Waals surface area contributed by atoms with Crippen molar-refractivity contribution in [2.24, 2.45) is 11.3 Å². The molecule has 0 N–H and O–H groups in total. The maximum atomic E-state index is 3.76. The van der Waals surface area contributed by atoms with Crippen LogP contribution in [-0.2, 0) is 0 Å². The van der Waals surface area contributed by atoms with Crippen LogP contribution in [0.15, 0.2) is 12.7 Å². The van der Waals surface area contributed by atoms with Gasteiger partial charge in [-0.25, -0.2) is 0 Å². The van der Waals surface area contributed by atoms with Crippen molar-refractivity contribution < 1.29 is 0 Å². The summed E-state index contributed by atoms with van der Waals surface area (Å²) in [6.07, 6.45) is 11.5. The molecule has 1 unspecified atom stereocenters. The highest BCUT2D eigenvalue weighted by Gasteiger charge is 2.16. The van der Waals surface area contributed by atoms with E-state index in [1.54, 1.807) is 0 Å². The molecule has 1 atom stereocenters. The predicted molar refractivity (Wildman–Crippen MR) is 71.1 cm³/mol. The lowest BCUT2D eigenvalue weighted by molar-refractivity contribution is 0.271. The normalized spacial score (nSPS) is 13.9. The van der Waals surface area contributed by atoms with Crippen LogP contribution in [0.2, 0.25) is 0 Å². The van der Waals surface area contributed by atoms with E-state index in [4.69, 9.17) is 0 Å². The molecule has 0 aliphatic heterocycles. The van der Waals surface area contributed by atoms with Gasteiger partial charge in [0.05, 0.1) is 0 Å². The van der Waals surface area contributed by atoms with E-state index in [0.717, 1.165) is 5.92 Å². The summed E-state index contributed by atoms with van der Waals surface area (Å²) in [6.45, 7) is 13.2. The van der Waals surface area contributed by atoms with Crippen LogP contribution in [0, 0.1) is 11.3 Å². The van der Waals surface area contributed by atoms with Crippen LogP contribution in [-0.4, -0.2) is 0 Å². The molecule has 0 aliphatic carbocycles. The van der Waals surface area contributed by atoms with E-state index in [-0.39, 0.29) is 0 Å². The molecule has 15 heavy (non-hydrogen) atoms. The van der Waals surface area contributed by atoms with E-state index in [0.29, 0.717) is 5.41 Å². The molecular weight excluding hydrogens is 180 g/mol. The second kappa shape index (κ2) is 7.96. The fourth-order valence-corrected chi connectivity index (χ4v) is 2.22. The van der Waals surface area contributed by atoms with Crippen molar-refractivity contribution in [1.29, 1.82) is 0 Å². The number of hydrogen-bond acceptors (Lipinski definition) is 0. The standard InChI is InChI=1S/C15H30/c1-6-8-9-10-11-12-14(7-2)13-15(3,4)5/h6,14H,1,7-13H2,2-5H3. The Hall–Kier alpha value is -0.260. The third-order valence-electron chi connectivity index (χ3n) is 3.00. The number of hydrogen-bond donors (Lipinski definition) is 0. The maximum Gasteiger partial charge on any atom is -0.0353 e. The molecule has 0 spiro atoms. The minimum atomic E-state index is 0.502. The lowest BCUT2D eigenvalue weighted by Crippen LogP contribution is -2.12. The zero-order valence-electron chi connectivity index (χ0n) is 11.3. The first-order valence-electron chi connectivity index (χ1n) is 6.60. The fraction of sp³-hybridized carbons (Fsp3) is 0.867. The third-order valence-corrected chi connectivity index (χ3v) is 3.00. The Morgan fingerprint density at radius 2 is 1.80 bits per heavy atom. The molecule has 0 rings (SSSR count). The van der Waals surface area contributed by atoms with Crippen LogP contribution < -0.4 is 0 Å². The smallest absolute Gasteiger partial charge is 0.0353 e. The highest BCUT2D eigenvalue weighted by atomic mass is 14.2. The van der Waals surface area contributed by atoms with Crippen molar-refractivity contribution in [3.8, 4) is 0 Å². The number of allylic oxidation sites excluding steroid dienone is 1. The Bertz CT molecular complexity index is 150. The van der Waals surface area contributed by atoms with E-state index in [9.17, 15) is 0 Å². The Kier molecular flexibility index (Phi) is 7.82. The van der Waals surface area contributed by atoms with Crippen molar-refractivity contribution in [1.82, 2.24) is 0 Å². The molecule has 0 aromatic heterocycles. The van der Waals surface area contributed by atoms with Gasteiger partial charge in [-0.15, -0.1) is 6.58 Å². The SMILES string of the molecule is C=CCCCCCC(CC)CC(C)(C)C. The summed E-state index contributed by atoms with van der Waals surface area (Å²) in [7, 11) is 0. The molecule has 0 radical (unpaired) electrons. The molecule has 0 saturated carbocycles. The lowest BCUT2D eigenvalue weighted by Gasteiger charge is -2.25. The van der Waals surface area contributed by atoms with Crippen LogP contribution in [0.3, 0.4) is 0 Å². The summed E-state index contributed by atoms with van der Waals surface area (Å²) >= 11 is 0. The molecule has 0 nitrogen and oxygen atoms in total. The Morgan fingerprint density at radius 3 is 2.27 bits per heavy atom. The molecule has 0 fully saturated rings. The predicted octanol–water partition coefficient (Wildman–Crippen LogP) is 5.59. The monoisotopic (exact) mass is 210 g/mol. The summed E-state index contributed by atoms with van der Waals surface area (Å²) in [6, 6.07) is 0. The molecule has 0 heterocycles. The van der Waals surface area contributed by atoms with Gasteiger partial charge in [0, 0.05) is 0 Å². The van der Waals surface area contributed by atoms with E-state index < -0.39 is 0 Å². The summed E-state index contributed by atoms with van der Waals surface area (Å²) in [5, 5.41) is 0. The molecule has 0 amide bonds. The maximum absolute atomic E-state index is 3.76. The molecule has 0 aromatic rings. The van der Waals surface area contributed by atoms with Gasteiger partial charge in [-0.2, -0.15) is 0 Å². The molecule has 0 saturated heterocycles. The second-order valence-corrected chi connectivity index (χ2v) is 5.97. The molecule has 0 aliphatic rings. The lowest BCUT2D eigenvalue weighted by atomic mass is 9.81. The van der Waals surface area contributed by atoms with Gasteiger partial charge >= 0.3 is 0 Å². The Labute approximate surface area is 97.2 Å². The second-order valence-electron chi connectivity index (χ2n) is 5.97. The fourth-order valence-electron chi connectivity index (χ4n) is 2.22. The minimum absolute atomic E-state index is 0.502. The highest BCUT2D eigenvalue weighted by Crippen LogP contribution is 2.29. The van der Waals surface area contributed by atoms with Gasteiger partial charge < -0.3 is 0 Å². The van der Waals surface area contributed by atoms with E-state index >= 15 is 0 Å². The molecular formula is C15H30. The van der Waals surface area contributed by atoms with Crippen molar-refractivity contribution in [3.05, 3.63) is 12.7 Å². The largest absolute Gasteiger partial charge is 0.103 e. The molecule has 0 aromatic carbocycles. The summed E-state index contributed by atoms with van der Waals surface area (Å²) in [4.78, 5) is 0. The first-order chi connectivity index (χ1) is 6.99. The molecule has 0 heteroatoms. The van der Waals surface area contributed by atoms with Crippen LogP contribution in [0.4, 0.5) is 0 Å². The van der Waals surface area contributed by atoms with Gasteiger partial charge in [0.2, 0.25) is 0 Å². The van der Waals surface area contributed by atoms with Gasteiger partial charge in [0.15, 0.2) is 0 Å². The van der Waals surface area contributed by atoms with E-state index in [1.807, 2.05) is 6.08 Å². The first-order valence-corrected chi connectivity index (χ1v) is 6.60.